The molecule has 0 spiro atoms. The summed E-state index contributed by atoms with van der Waals surface area (Å²) in [5.41, 5.74) is 0.655. The van der Waals surface area contributed by atoms with Crippen molar-refractivity contribution in [3.8, 4) is 0 Å². The summed E-state index contributed by atoms with van der Waals surface area (Å²) >= 11 is 0. The van der Waals surface area contributed by atoms with Gasteiger partial charge >= 0.3 is 0 Å². The molecule has 3 saturated heterocycles. The van der Waals surface area contributed by atoms with Gasteiger partial charge in [-0.3, -0.25) is 14.6 Å². The SMILES string of the molecule is O=C(c1ccncc1)N1CCCC(C(=O)N2C3CCNCC2CC3)C1. The van der Waals surface area contributed by atoms with Crippen LogP contribution in [0.15, 0.2) is 24.5 Å². The number of amides is 2. The molecule has 1 aromatic rings. The number of nitrogens with one attached hydrogen (secondary N) is 1. The van der Waals surface area contributed by atoms with Crippen molar-refractivity contribution in [1.82, 2.24) is 20.1 Å². The molecule has 0 aromatic carbocycles. The second kappa shape index (κ2) is 7.12. The van der Waals surface area contributed by atoms with Crippen LogP contribution in [0.3, 0.4) is 0 Å². The molecule has 3 fully saturated rings. The number of pyridine rings is 1. The van der Waals surface area contributed by atoms with Crippen LogP contribution in [0.2, 0.25) is 0 Å². The summed E-state index contributed by atoms with van der Waals surface area (Å²) in [4.78, 5) is 33.9. The topological polar surface area (TPSA) is 65.5 Å². The van der Waals surface area contributed by atoms with Crippen LogP contribution in [0.1, 0.15) is 42.5 Å². The Kier molecular flexibility index (Phi) is 4.70. The van der Waals surface area contributed by atoms with Gasteiger partial charge in [0.15, 0.2) is 0 Å². The van der Waals surface area contributed by atoms with E-state index >= 15 is 0 Å². The van der Waals surface area contributed by atoms with E-state index in [4.69, 9.17) is 0 Å². The molecule has 6 nitrogen and oxygen atoms in total. The van der Waals surface area contributed by atoms with Crippen molar-refractivity contribution >= 4 is 11.8 Å². The van der Waals surface area contributed by atoms with Crippen LogP contribution in [0.5, 0.6) is 0 Å². The van der Waals surface area contributed by atoms with E-state index < -0.39 is 0 Å². The number of rotatable bonds is 2. The molecule has 3 aliphatic rings. The first-order valence-corrected chi connectivity index (χ1v) is 9.46. The zero-order valence-corrected chi connectivity index (χ0v) is 14.6. The third kappa shape index (κ3) is 3.27. The number of nitrogens with zero attached hydrogens (tertiary/aromatic N) is 3. The van der Waals surface area contributed by atoms with Gasteiger partial charge in [-0.05, 0) is 50.8 Å². The van der Waals surface area contributed by atoms with E-state index in [9.17, 15) is 9.59 Å². The highest BCUT2D eigenvalue weighted by molar-refractivity contribution is 5.94. The summed E-state index contributed by atoms with van der Waals surface area (Å²) in [5, 5.41) is 3.45. The largest absolute Gasteiger partial charge is 0.338 e. The van der Waals surface area contributed by atoms with Gasteiger partial charge in [0.1, 0.15) is 0 Å². The summed E-state index contributed by atoms with van der Waals surface area (Å²) in [6.45, 7) is 3.19. The zero-order valence-electron chi connectivity index (χ0n) is 14.6. The van der Waals surface area contributed by atoms with Gasteiger partial charge in [-0.1, -0.05) is 0 Å². The Morgan fingerprint density at radius 2 is 1.88 bits per heavy atom. The maximum atomic E-state index is 13.2. The van der Waals surface area contributed by atoms with E-state index in [2.05, 4.69) is 15.2 Å². The van der Waals surface area contributed by atoms with E-state index in [-0.39, 0.29) is 17.7 Å². The van der Waals surface area contributed by atoms with Crippen molar-refractivity contribution in [3.63, 3.8) is 0 Å². The molecule has 134 valence electrons. The minimum Gasteiger partial charge on any atom is -0.338 e. The minimum atomic E-state index is -0.0549. The van der Waals surface area contributed by atoms with Gasteiger partial charge in [-0.15, -0.1) is 0 Å². The molecule has 1 aromatic heterocycles. The second-order valence-corrected chi connectivity index (χ2v) is 7.45. The summed E-state index contributed by atoms with van der Waals surface area (Å²) in [5.74, 6) is 0.226. The molecule has 0 aliphatic carbocycles. The fourth-order valence-electron chi connectivity index (χ4n) is 4.59. The number of carbonyl (C=O) groups is 2. The number of fused-ring (bicyclic) bond motifs is 2. The summed E-state index contributed by atoms with van der Waals surface area (Å²) in [6, 6.07) is 4.22. The normalized spacial score (nSPS) is 29.4. The van der Waals surface area contributed by atoms with Gasteiger partial charge in [0.2, 0.25) is 5.91 Å². The van der Waals surface area contributed by atoms with Crippen molar-refractivity contribution in [2.45, 2.75) is 44.2 Å². The number of likely N-dealkylation sites (tertiary alicyclic amines) is 1. The highest BCUT2D eigenvalue weighted by Gasteiger charge is 2.41. The standard InChI is InChI=1S/C19H26N4O2/c24-18(14-5-8-20-9-6-14)22-11-1-2-15(13-22)19(25)23-16-3-4-17(23)12-21-10-7-16/h5-6,8-9,15-17,21H,1-4,7,10-13H2. The lowest BCUT2D eigenvalue weighted by atomic mass is 9.95. The van der Waals surface area contributed by atoms with Crippen LogP contribution in [-0.2, 0) is 4.79 Å². The van der Waals surface area contributed by atoms with E-state index in [0.29, 0.717) is 24.2 Å². The van der Waals surface area contributed by atoms with Gasteiger partial charge in [0, 0.05) is 49.7 Å². The summed E-state index contributed by atoms with van der Waals surface area (Å²) in [7, 11) is 0. The van der Waals surface area contributed by atoms with E-state index in [1.807, 2.05) is 4.90 Å². The lowest BCUT2D eigenvalue weighted by Gasteiger charge is -2.37. The lowest BCUT2D eigenvalue weighted by Crippen LogP contribution is -2.50. The molecule has 3 aliphatic heterocycles. The van der Waals surface area contributed by atoms with Crippen LogP contribution in [0, 0.1) is 5.92 Å². The Morgan fingerprint density at radius 3 is 2.72 bits per heavy atom. The number of piperidine rings is 1. The van der Waals surface area contributed by atoms with Crippen LogP contribution in [0.4, 0.5) is 0 Å². The Balaban J connectivity index is 1.46. The van der Waals surface area contributed by atoms with E-state index in [0.717, 1.165) is 51.7 Å². The number of hydrogen-bond donors (Lipinski definition) is 1. The smallest absolute Gasteiger partial charge is 0.253 e. The van der Waals surface area contributed by atoms with Crippen LogP contribution >= 0.6 is 0 Å². The highest BCUT2D eigenvalue weighted by Crippen LogP contribution is 2.31. The first kappa shape index (κ1) is 16.5. The number of hydrogen-bond acceptors (Lipinski definition) is 4. The van der Waals surface area contributed by atoms with E-state index in [1.165, 1.54) is 0 Å². The van der Waals surface area contributed by atoms with Gasteiger partial charge in [-0.25, -0.2) is 0 Å². The quantitative estimate of drug-likeness (QED) is 0.879. The Hall–Kier alpha value is -1.95. The van der Waals surface area contributed by atoms with Gasteiger partial charge in [-0.2, -0.15) is 0 Å². The molecule has 1 N–H and O–H groups in total. The van der Waals surface area contributed by atoms with Gasteiger partial charge in [0.05, 0.1) is 5.92 Å². The molecule has 0 saturated carbocycles. The molecule has 2 bridgehead atoms. The van der Waals surface area contributed by atoms with Crippen molar-refractivity contribution in [3.05, 3.63) is 30.1 Å². The van der Waals surface area contributed by atoms with Crippen LogP contribution in [0.25, 0.3) is 0 Å². The van der Waals surface area contributed by atoms with Crippen LogP contribution in [-0.4, -0.2) is 64.9 Å². The predicted octanol–water partition coefficient (Wildman–Crippen LogP) is 1.29. The Morgan fingerprint density at radius 1 is 1.08 bits per heavy atom. The van der Waals surface area contributed by atoms with Crippen LogP contribution < -0.4 is 5.32 Å². The van der Waals surface area contributed by atoms with Crippen molar-refractivity contribution in [1.29, 1.82) is 0 Å². The predicted molar refractivity (Wildman–Crippen MR) is 94.0 cm³/mol. The maximum absolute atomic E-state index is 13.2. The number of aromatic nitrogens is 1. The van der Waals surface area contributed by atoms with Gasteiger partial charge < -0.3 is 15.1 Å². The average molecular weight is 342 g/mol. The first-order valence-electron chi connectivity index (χ1n) is 9.46. The number of carbonyl (C=O) groups excluding carboxylic acids is 2. The fraction of sp³-hybridized carbons (Fsp3) is 0.632. The van der Waals surface area contributed by atoms with Gasteiger partial charge in [0.25, 0.3) is 5.91 Å². The maximum Gasteiger partial charge on any atom is 0.253 e. The molecule has 4 heterocycles. The molecule has 6 heteroatoms. The Labute approximate surface area is 148 Å². The lowest BCUT2D eigenvalue weighted by molar-refractivity contribution is -0.139. The summed E-state index contributed by atoms with van der Waals surface area (Å²) < 4.78 is 0. The molecule has 2 amide bonds. The molecule has 0 radical (unpaired) electrons. The third-order valence-corrected chi connectivity index (χ3v) is 5.89. The Bertz CT molecular complexity index is 622. The molecule has 4 rings (SSSR count). The first-order chi connectivity index (χ1) is 12.2. The highest BCUT2D eigenvalue weighted by atomic mass is 16.2. The molecular formula is C19H26N4O2. The zero-order chi connectivity index (χ0) is 17.2. The third-order valence-electron chi connectivity index (χ3n) is 5.89. The van der Waals surface area contributed by atoms with Crippen molar-refractivity contribution in [2.24, 2.45) is 5.92 Å². The summed E-state index contributed by atoms with van der Waals surface area (Å²) in [6.07, 6.45) is 8.36. The van der Waals surface area contributed by atoms with E-state index in [1.54, 1.807) is 24.5 Å². The molecule has 3 atom stereocenters. The molecule has 25 heavy (non-hydrogen) atoms. The van der Waals surface area contributed by atoms with Crippen molar-refractivity contribution in [2.75, 3.05) is 26.2 Å². The minimum absolute atomic E-state index is 0.0143. The van der Waals surface area contributed by atoms with Crippen molar-refractivity contribution < 1.29 is 9.59 Å². The molecule has 3 unspecified atom stereocenters. The molecular weight excluding hydrogens is 316 g/mol. The fourth-order valence-corrected chi connectivity index (χ4v) is 4.59. The average Bonchev–Trinajstić information content (AvgIpc) is 2.94. The second-order valence-electron chi connectivity index (χ2n) is 7.45. The monoisotopic (exact) mass is 342 g/mol.